The minimum atomic E-state index is -0.513. The van der Waals surface area contributed by atoms with E-state index < -0.39 is 5.91 Å². The average molecular weight is 222 g/mol. The number of primary amides is 1. The van der Waals surface area contributed by atoms with Crippen molar-refractivity contribution in [3.63, 3.8) is 0 Å². The second-order valence-corrected chi connectivity index (χ2v) is 4.05. The normalized spacial score (nSPS) is 10.7. The maximum atomic E-state index is 11.1. The Morgan fingerprint density at radius 3 is 3.07 bits per heavy atom. The summed E-state index contributed by atoms with van der Waals surface area (Å²) in [6, 6.07) is 0. The number of hydrogen-bond acceptors (Lipinski definition) is 4. The van der Waals surface area contributed by atoms with Crippen LogP contribution in [0.15, 0.2) is 19.0 Å². The number of amides is 1. The molecule has 0 aliphatic rings. The largest absolute Gasteiger partial charge is 0.396 e. The summed E-state index contributed by atoms with van der Waals surface area (Å²) in [5, 5.41) is 0. The molecule has 2 aromatic rings. The van der Waals surface area contributed by atoms with Gasteiger partial charge in [-0.2, -0.15) is 0 Å². The number of thiophene rings is 1. The number of carbonyl (C=O) groups excluding carboxylic acids is 1. The third-order valence-corrected chi connectivity index (χ3v) is 3.17. The van der Waals surface area contributed by atoms with Gasteiger partial charge in [0.05, 0.1) is 12.0 Å². The van der Waals surface area contributed by atoms with E-state index in [1.165, 1.54) is 11.3 Å². The lowest BCUT2D eigenvalue weighted by molar-refractivity contribution is 0.100. The van der Waals surface area contributed by atoms with Crippen molar-refractivity contribution in [2.75, 3.05) is 5.73 Å². The summed E-state index contributed by atoms with van der Waals surface area (Å²) in [7, 11) is 0. The highest BCUT2D eigenvalue weighted by atomic mass is 32.1. The van der Waals surface area contributed by atoms with Gasteiger partial charge in [0.15, 0.2) is 0 Å². The van der Waals surface area contributed by atoms with E-state index in [-0.39, 0.29) is 0 Å². The Morgan fingerprint density at radius 1 is 1.73 bits per heavy atom. The minimum Gasteiger partial charge on any atom is -0.396 e. The Balaban J connectivity index is 2.68. The zero-order valence-electron chi connectivity index (χ0n) is 7.93. The lowest BCUT2D eigenvalue weighted by Gasteiger charge is -1.99. The number of nitrogens with zero attached hydrogens (tertiary/aromatic N) is 2. The van der Waals surface area contributed by atoms with E-state index in [0.717, 1.165) is 10.3 Å². The highest BCUT2D eigenvalue weighted by Crippen LogP contribution is 2.32. The topological polar surface area (TPSA) is 86.9 Å². The maximum Gasteiger partial charge on any atom is 0.261 e. The second kappa shape index (κ2) is 3.39. The van der Waals surface area contributed by atoms with Gasteiger partial charge in [-0.1, -0.05) is 6.08 Å². The molecule has 15 heavy (non-hydrogen) atoms. The monoisotopic (exact) mass is 222 g/mol. The molecule has 5 nitrogen and oxygen atoms in total. The SMILES string of the molecule is C=CCn1cnc2sc(C(N)=O)c(N)c21. The van der Waals surface area contributed by atoms with Crippen LogP contribution >= 0.6 is 11.3 Å². The number of nitrogen functional groups attached to an aromatic ring is 1. The summed E-state index contributed by atoms with van der Waals surface area (Å²) in [6.07, 6.45) is 3.41. The number of fused-ring (bicyclic) bond motifs is 1. The molecule has 0 aliphatic heterocycles. The lowest BCUT2D eigenvalue weighted by Crippen LogP contribution is -2.11. The van der Waals surface area contributed by atoms with Crippen molar-refractivity contribution < 1.29 is 4.79 Å². The zero-order chi connectivity index (χ0) is 11.0. The third kappa shape index (κ3) is 1.39. The summed E-state index contributed by atoms with van der Waals surface area (Å²) >= 11 is 1.21. The molecule has 0 fully saturated rings. The Kier molecular flexibility index (Phi) is 2.20. The molecule has 0 unspecified atom stereocenters. The van der Waals surface area contributed by atoms with Gasteiger partial charge >= 0.3 is 0 Å². The van der Waals surface area contributed by atoms with Crippen molar-refractivity contribution in [1.29, 1.82) is 0 Å². The fraction of sp³-hybridized carbons (Fsp3) is 0.111. The van der Waals surface area contributed by atoms with Crippen molar-refractivity contribution in [2.24, 2.45) is 5.73 Å². The van der Waals surface area contributed by atoms with Gasteiger partial charge in [-0.15, -0.1) is 17.9 Å². The third-order valence-electron chi connectivity index (χ3n) is 2.05. The number of aromatic nitrogens is 2. The Hall–Kier alpha value is -1.82. The Labute approximate surface area is 90.0 Å². The van der Waals surface area contributed by atoms with Crippen LogP contribution in [0.1, 0.15) is 9.67 Å². The average Bonchev–Trinajstić information content (AvgIpc) is 2.69. The van der Waals surface area contributed by atoms with Gasteiger partial charge in [0.2, 0.25) is 0 Å². The van der Waals surface area contributed by atoms with E-state index in [4.69, 9.17) is 11.5 Å². The number of rotatable bonds is 3. The van der Waals surface area contributed by atoms with E-state index >= 15 is 0 Å². The number of anilines is 1. The first-order chi connectivity index (χ1) is 7.15. The van der Waals surface area contributed by atoms with E-state index in [2.05, 4.69) is 11.6 Å². The molecule has 4 N–H and O–H groups in total. The van der Waals surface area contributed by atoms with Crippen molar-refractivity contribution in [3.8, 4) is 0 Å². The smallest absolute Gasteiger partial charge is 0.261 e. The first-order valence-corrected chi connectivity index (χ1v) is 5.10. The van der Waals surface area contributed by atoms with Gasteiger partial charge in [0.1, 0.15) is 15.2 Å². The number of carbonyl (C=O) groups is 1. The molecule has 0 bridgehead atoms. The first kappa shape index (κ1) is 9.72. The zero-order valence-corrected chi connectivity index (χ0v) is 8.75. The number of nitrogens with two attached hydrogens (primary N) is 2. The van der Waals surface area contributed by atoms with Gasteiger partial charge in [-0.05, 0) is 0 Å². The van der Waals surface area contributed by atoms with Crippen LogP contribution in [0.2, 0.25) is 0 Å². The summed E-state index contributed by atoms with van der Waals surface area (Å²) in [4.78, 5) is 16.3. The molecule has 78 valence electrons. The highest BCUT2D eigenvalue weighted by molar-refractivity contribution is 7.21. The van der Waals surface area contributed by atoms with Gasteiger partial charge < -0.3 is 16.0 Å². The Bertz CT molecular complexity index is 540. The van der Waals surface area contributed by atoms with Crippen LogP contribution in [0.4, 0.5) is 5.69 Å². The summed E-state index contributed by atoms with van der Waals surface area (Å²) in [5.74, 6) is -0.513. The fourth-order valence-corrected chi connectivity index (χ4v) is 2.35. The second-order valence-electron chi connectivity index (χ2n) is 3.05. The van der Waals surface area contributed by atoms with Crippen LogP contribution < -0.4 is 11.5 Å². The number of imidazole rings is 1. The van der Waals surface area contributed by atoms with E-state index in [1.54, 1.807) is 12.4 Å². The van der Waals surface area contributed by atoms with Crippen molar-refractivity contribution in [2.45, 2.75) is 6.54 Å². The molecule has 0 spiro atoms. The molecule has 0 radical (unpaired) electrons. The number of hydrogen-bond donors (Lipinski definition) is 2. The lowest BCUT2D eigenvalue weighted by atomic mass is 10.3. The molecule has 2 rings (SSSR count). The van der Waals surface area contributed by atoms with Crippen molar-refractivity contribution in [3.05, 3.63) is 23.9 Å². The van der Waals surface area contributed by atoms with Gasteiger partial charge in [-0.25, -0.2) is 4.98 Å². The summed E-state index contributed by atoms with van der Waals surface area (Å²) in [6.45, 7) is 4.24. The summed E-state index contributed by atoms with van der Waals surface area (Å²) in [5.41, 5.74) is 12.2. The molecule has 6 heteroatoms. The maximum absolute atomic E-state index is 11.1. The molecule has 0 aromatic carbocycles. The van der Waals surface area contributed by atoms with Gasteiger partial charge in [-0.3, -0.25) is 4.79 Å². The summed E-state index contributed by atoms with van der Waals surface area (Å²) < 4.78 is 1.83. The van der Waals surface area contributed by atoms with Crippen LogP contribution in [0.25, 0.3) is 10.3 Å². The molecule has 0 aliphatic carbocycles. The molecule has 0 atom stereocenters. The molecular weight excluding hydrogens is 212 g/mol. The van der Waals surface area contributed by atoms with Crippen LogP contribution in [0.3, 0.4) is 0 Å². The molecule has 2 heterocycles. The van der Waals surface area contributed by atoms with Gasteiger partial charge in [0.25, 0.3) is 5.91 Å². The molecule has 0 saturated heterocycles. The first-order valence-electron chi connectivity index (χ1n) is 4.29. The fourth-order valence-electron chi connectivity index (χ4n) is 1.43. The molecule has 0 saturated carbocycles. The van der Waals surface area contributed by atoms with E-state index in [9.17, 15) is 4.79 Å². The van der Waals surface area contributed by atoms with Crippen LogP contribution in [-0.4, -0.2) is 15.5 Å². The van der Waals surface area contributed by atoms with E-state index in [1.807, 2.05) is 4.57 Å². The van der Waals surface area contributed by atoms with Crippen LogP contribution in [0, 0.1) is 0 Å². The standard InChI is InChI=1S/C9H10N4OS/c1-2-3-13-4-12-9-6(13)5(10)7(15-9)8(11)14/h2,4H,1,3,10H2,(H2,11,14). The quantitative estimate of drug-likeness (QED) is 0.758. The van der Waals surface area contributed by atoms with Crippen LogP contribution in [-0.2, 0) is 6.54 Å². The van der Waals surface area contributed by atoms with E-state index in [0.29, 0.717) is 17.1 Å². The van der Waals surface area contributed by atoms with Crippen molar-refractivity contribution in [1.82, 2.24) is 9.55 Å². The number of allylic oxidation sites excluding steroid dienone is 1. The molecule has 2 aromatic heterocycles. The minimum absolute atomic E-state index is 0.367. The predicted octanol–water partition coefficient (Wildman–Crippen LogP) is 0.965. The predicted molar refractivity (Wildman–Crippen MR) is 60.7 cm³/mol. The Morgan fingerprint density at radius 2 is 2.47 bits per heavy atom. The highest BCUT2D eigenvalue weighted by Gasteiger charge is 2.17. The van der Waals surface area contributed by atoms with Crippen molar-refractivity contribution >= 4 is 33.3 Å². The molecular formula is C9H10N4OS. The van der Waals surface area contributed by atoms with Crippen LogP contribution in [0.5, 0.6) is 0 Å². The van der Waals surface area contributed by atoms with Gasteiger partial charge in [0, 0.05) is 6.54 Å². The molecule has 1 amide bonds.